The summed E-state index contributed by atoms with van der Waals surface area (Å²) in [6.45, 7) is 0. The number of hydrogen-bond donors (Lipinski definition) is 0. The third kappa shape index (κ3) is 3.47. The number of methoxy groups -OCH3 is 3. The van der Waals surface area contributed by atoms with Crippen LogP contribution in [0.5, 0.6) is 11.5 Å². The van der Waals surface area contributed by atoms with Crippen molar-refractivity contribution in [3.63, 3.8) is 0 Å². The van der Waals surface area contributed by atoms with E-state index in [9.17, 15) is 4.79 Å². The van der Waals surface area contributed by atoms with Crippen LogP contribution in [0.2, 0.25) is 0 Å². The van der Waals surface area contributed by atoms with Gasteiger partial charge in [0.25, 0.3) is 0 Å². The van der Waals surface area contributed by atoms with Crippen LogP contribution in [0.15, 0.2) is 54.6 Å². The van der Waals surface area contributed by atoms with E-state index in [0.717, 1.165) is 11.1 Å². The van der Waals surface area contributed by atoms with E-state index in [1.807, 2.05) is 48.5 Å². The van der Waals surface area contributed by atoms with Crippen LogP contribution in [0.4, 0.5) is 0 Å². The normalized spacial score (nSPS) is 11.0. The Morgan fingerprint density at radius 2 is 1.68 bits per heavy atom. The monoisotopic (exact) mass is 298 g/mol. The number of hydrogen-bond acceptors (Lipinski definition) is 4. The first-order chi connectivity index (χ1) is 10.7. The Hall–Kier alpha value is -2.75. The molecule has 22 heavy (non-hydrogen) atoms. The molecule has 4 heteroatoms. The quantitative estimate of drug-likeness (QED) is 0.627. The van der Waals surface area contributed by atoms with Crippen molar-refractivity contribution < 1.29 is 19.0 Å². The van der Waals surface area contributed by atoms with Gasteiger partial charge < -0.3 is 14.2 Å². The van der Waals surface area contributed by atoms with Crippen LogP contribution >= 0.6 is 0 Å². The van der Waals surface area contributed by atoms with E-state index in [1.165, 1.54) is 13.2 Å². The Balaban J connectivity index is 2.64. The lowest BCUT2D eigenvalue weighted by Crippen LogP contribution is -2.00. The smallest absolute Gasteiger partial charge is 0.331 e. The van der Waals surface area contributed by atoms with Crippen LogP contribution in [0.25, 0.3) is 5.57 Å². The summed E-state index contributed by atoms with van der Waals surface area (Å²) >= 11 is 0. The van der Waals surface area contributed by atoms with Gasteiger partial charge in [0.15, 0.2) is 0 Å². The maximum Gasteiger partial charge on any atom is 0.331 e. The molecule has 2 aromatic rings. The van der Waals surface area contributed by atoms with Crippen LogP contribution in [0, 0.1) is 0 Å². The highest BCUT2D eigenvalue weighted by molar-refractivity contribution is 5.97. The van der Waals surface area contributed by atoms with Crippen molar-refractivity contribution in [1.29, 1.82) is 0 Å². The highest BCUT2D eigenvalue weighted by atomic mass is 16.5. The average molecular weight is 298 g/mol. The molecule has 2 rings (SSSR count). The maximum absolute atomic E-state index is 11.8. The molecule has 0 atom stereocenters. The van der Waals surface area contributed by atoms with Crippen molar-refractivity contribution in [2.75, 3.05) is 21.3 Å². The van der Waals surface area contributed by atoms with Gasteiger partial charge in [0.05, 0.1) is 21.3 Å². The Bertz CT molecular complexity index is 675. The van der Waals surface area contributed by atoms with E-state index in [2.05, 4.69) is 0 Å². The molecule has 114 valence electrons. The second kappa shape index (κ2) is 7.31. The first-order valence-electron chi connectivity index (χ1n) is 6.77. The molecule has 2 aromatic carbocycles. The molecule has 4 nitrogen and oxygen atoms in total. The lowest BCUT2D eigenvalue weighted by atomic mass is 9.96. The van der Waals surface area contributed by atoms with Gasteiger partial charge in [-0.25, -0.2) is 4.79 Å². The molecular weight excluding hydrogens is 280 g/mol. The van der Waals surface area contributed by atoms with Crippen LogP contribution in [0.3, 0.4) is 0 Å². The van der Waals surface area contributed by atoms with Gasteiger partial charge in [0.2, 0.25) is 0 Å². The fourth-order valence-electron chi connectivity index (χ4n) is 2.14. The summed E-state index contributed by atoms with van der Waals surface area (Å²) in [5.41, 5.74) is 2.36. The zero-order valence-electron chi connectivity index (χ0n) is 12.8. The fraction of sp³-hybridized carbons (Fsp3) is 0.167. The van der Waals surface area contributed by atoms with E-state index in [-0.39, 0.29) is 0 Å². The summed E-state index contributed by atoms with van der Waals surface area (Å²) in [5, 5.41) is 0. The summed E-state index contributed by atoms with van der Waals surface area (Å²) in [6, 6.07) is 15.0. The Labute approximate surface area is 129 Å². The minimum atomic E-state index is -0.427. The third-order valence-electron chi connectivity index (χ3n) is 3.24. The summed E-state index contributed by atoms with van der Waals surface area (Å²) in [7, 11) is 4.54. The van der Waals surface area contributed by atoms with Gasteiger partial charge in [-0.05, 0) is 29.3 Å². The van der Waals surface area contributed by atoms with Crippen LogP contribution in [-0.4, -0.2) is 27.3 Å². The zero-order valence-corrected chi connectivity index (χ0v) is 12.8. The molecule has 0 spiro atoms. The molecule has 0 heterocycles. The summed E-state index contributed by atoms with van der Waals surface area (Å²) in [5.74, 6) is 0.908. The lowest BCUT2D eigenvalue weighted by Gasteiger charge is -2.14. The van der Waals surface area contributed by atoms with Crippen molar-refractivity contribution in [3.8, 4) is 11.5 Å². The molecule has 0 aliphatic heterocycles. The van der Waals surface area contributed by atoms with Gasteiger partial charge in [-0.15, -0.1) is 0 Å². The molecule has 0 N–H and O–H groups in total. The Kier molecular flexibility index (Phi) is 5.20. The standard InChI is InChI=1S/C18H18O4/c1-20-14-9-10-17(21-2)16(11-14)15(12-18(19)22-3)13-7-5-4-6-8-13/h4-12H,1-3H3/b15-12+. The average Bonchev–Trinajstić information content (AvgIpc) is 2.59. The van der Waals surface area contributed by atoms with Gasteiger partial charge in [-0.2, -0.15) is 0 Å². The third-order valence-corrected chi connectivity index (χ3v) is 3.24. The lowest BCUT2D eigenvalue weighted by molar-refractivity contribution is -0.134. The van der Waals surface area contributed by atoms with Gasteiger partial charge >= 0.3 is 5.97 Å². The van der Waals surface area contributed by atoms with Crippen molar-refractivity contribution in [3.05, 3.63) is 65.7 Å². The maximum atomic E-state index is 11.8. The second-order valence-corrected chi connectivity index (χ2v) is 4.51. The molecule has 0 unspecified atom stereocenters. The minimum Gasteiger partial charge on any atom is -0.497 e. The van der Waals surface area contributed by atoms with E-state index in [4.69, 9.17) is 14.2 Å². The first kappa shape index (κ1) is 15.6. The molecule has 0 aliphatic carbocycles. The van der Waals surface area contributed by atoms with Crippen LogP contribution in [0.1, 0.15) is 11.1 Å². The van der Waals surface area contributed by atoms with Gasteiger partial charge in [-0.3, -0.25) is 0 Å². The molecule has 0 saturated carbocycles. The first-order valence-corrected chi connectivity index (χ1v) is 6.77. The highest BCUT2D eigenvalue weighted by Gasteiger charge is 2.14. The summed E-state index contributed by atoms with van der Waals surface area (Å²) in [4.78, 5) is 11.8. The van der Waals surface area contributed by atoms with Crippen molar-refractivity contribution in [2.45, 2.75) is 0 Å². The number of esters is 1. The molecular formula is C18H18O4. The molecule has 0 aliphatic rings. The largest absolute Gasteiger partial charge is 0.497 e. The summed E-state index contributed by atoms with van der Waals surface area (Å²) in [6.07, 6.45) is 1.45. The number of benzene rings is 2. The predicted octanol–water partition coefficient (Wildman–Crippen LogP) is 3.31. The number of carbonyl (C=O) groups excluding carboxylic acids is 1. The molecule has 0 radical (unpaired) electrons. The van der Waals surface area contributed by atoms with Crippen LogP contribution < -0.4 is 9.47 Å². The molecule has 0 fully saturated rings. The molecule has 0 amide bonds. The van der Waals surface area contributed by atoms with E-state index < -0.39 is 5.97 Å². The summed E-state index contributed by atoms with van der Waals surface area (Å²) < 4.78 is 15.5. The molecule has 0 saturated heterocycles. The minimum absolute atomic E-state index is 0.427. The number of ether oxygens (including phenoxy) is 3. The Morgan fingerprint density at radius 3 is 2.27 bits per heavy atom. The van der Waals surface area contributed by atoms with E-state index in [1.54, 1.807) is 14.2 Å². The van der Waals surface area contributed by atoms with Crippen molar-refractivity contribution in [1.82, 2.24) is 0 Å². The predicted molar refractivity (Wildman–Crippen MR) is 85.1 cm³/mol. The fourth-order valence-corrected chi connectivity index (χ4v) is 2.14. The SMILES string of the molecule is COC(=O)/C=C(\c1ccccc1)c1cc(OC)ccc1OC. The highest BCUT2D eigenvalue weighted by Crippen LogP contribution is 2.34. The second-order valence-electron chi connectivity index (χ2n) is 4.51. The van der Waals surface area contributed by atoms with E-state index >= 15 is 0 Å². The zero-order chi connectivity index (χ0) is 15.9. The van der Waals surface area contributed by atoms with E-state index in [0.29, 0.717) is 17.1 Å². The number of rotatable bonds is 5. The molecule has 0 aromatic heterocycles. The Morgan fingerprint density at radius 1 is 0.955 bits per heavy atom. The van der Waals surface area contributed by atoms with Gasteiger partial charge in [-0.1, -0.05) is 30.3 Å². The van der Waals surface area contributed by atoms with Gasteiger partial charge in [0, 0.05) is 11.6 Å². The van der Waals surface area contributed by atoms with Gasteiger partial charge in [0.1, 0.15) is 11.5 Å². The van der Waals surface area contributed by atoms with Crippen molar-refractivity contribution in [2.24, 2.45) is 0 Å². The van der Waals surface area contributed by atoms with Crippen molar-refractivity contribution >= 4 is 11.5 Å². The van der Waals surface area contributed by atoms with Crippen LogP contribution in [-0.2, 0) is 9.53 Å². The molecule has 0 bridgehead atoms. The number of carbonyl (C=O) groups is 1. The topological polar surface area (TPSA) is 44.8 Å².